The summed E-state index contributed by atoms with van der Waals surface area (Å²) in [6.45, 7) is 8.57. The van der Waals surface area contributed by atoms with Crippen LogP contribution < -0.4 is 4.90 Å². The van der Waals surface area contributed by atoms with Crippen LogP contribution in [0.15, 0.2) is 77.7 Å². The molecular formula is C24H21ClN2O2S. The molecule has 0 N–H and O–H groups in total. The summed E-state index contributed by atoms with van der Waals surface area (Å²) < 4.78 is 25.9. The van der Waals surface area contributed by atoms with Crippen LogP contribution in [0.4, 0.5) is 11.4 Å². The van der Waals surface area contributed by atoms with E-state index in [9.17, 15) is 8.42 Å². The third-order valence-electron chi connectivity index (χ3n) is 5.33. The maximum Gasteiger partial charge on any atom is 0.189 e. The van der Waals surface area contributed by atoms with Crippen molar-refractivity contribution in [3.63, 3.8) is 0 Å². The van der Waals surface area contributed by atoms with Crippen molar-refractivity contribution in [1.29, 1.82) is 0 Å². The van der Waals surface area contributed by atoms with E-state index in [1.807, 2.05) is 42.5 Å². The van der Waals surface area contributed by atoms with Crippen molar-refractivity contribution in [2.75, 3.05) is 17.2 Å². The molecule has 6 heteroatoms. The molecule has 30 heavy (non-hydrogen) atoms. The minimum Gasteiger partial charge on any atom is -0.366 e. The molecule has 1 aliphatic rings. The van der Waals surface area contributed by atoms with Gasteiger partial charge in [0.1, 0.15) is 0 Å². The van der Waals surface area contributed by atoms with Gasteiger partial charge in [0.15, 0.2) is 15.5 Å². The Labute approximate surface area is 182 Å². The average molecular weight is 437 g/mol. The van der Waals surface area contributed by atoms with Crippen LogP contribution in [-0.4, -0.2) is 20.7 Å². The zero-order valence-electron chi connectivity index (χ0n) is 16.3. The highest BCUT2D eigenvalue weighted by atomic mass is 35.5. The minimum absolute atomic E-state index is 0.0572. The summed E-state index contributed by atoms with van der Waals surface area (Å²) in [5.74, 6) is -0.0369. The van der Waals surface area contributed by atoms with Gasteiger partial charge in [-0.1, -0.05) is 66.2 Å². The largest absolute Gasteiger partial charge is 0.366 e. The first-order valence-corrected chi connectivity index (χ1v) is 11.8. The van der Waals surface area contributed by atoms with Crippen molar-refractivity contribution < 1.29 is 8.42 Å². The molecular weight excluding hydrogens is 416 g/mol. The van der Waals surface area contributed by atoms with Crippen molar-refractivity contribution in [3.05, 3.63) is 100 Å². The SMILES string of the molecule is [C-]#[N+]c1cc(Cl)c2c(c1)CC(CS(=O)(=O)c1ccccc1)CN2Cc1ccccc1. The maximum absolute atomic E-state index is 13.0. The molecule has 3 aromatic rings. The first-order chi connectivity index (χ1) is 14.5. The highest BCUT2D eigenvalue weighted by Gasteiger charge is 2.30. The lowest BCUT2D eigenvalue weighted by Crippen LogP contribution is -2.38. The number of hydrogen-bond donors (Lipinski definition) is 0. The topological polar surface area (TPSA) is 41.7 Å². The van der Waals surface area contributed by atoms with E-state index in [0.29, 0.717) is 35.1 Å². The predicted molar refractivity (Wildman–Crippen MR) is 121 cm³/mol. The monoisotopic (exact) mass is 436 g/mol. The summed E-state index contributed by atoms with van der Waals surface area (Å²) in [6, 6.07) is 22.1. The van der Waals surface area contributed by atoms with Gasteiger partial charge in [0.25, 0.3) is 0 Å². The Morgan fingerprint density at radius 3 is 2.37 bits per heavy atom. The Morgan fingerprint density at radius 2 is 1.70 bits per heavy atom. The number of nitrogens with zero attached hydrogens (tertiary/aromatic N) is 2. The molecule has 3 aromatic carbocycles. The number of sulfone groups is 1. The summed E-state index contributed by atoms with van der Waals surface area (Å²) in [4.78, 5) is 6.02. The second-order valence-electron chi connectivity index (χ2n) is 7.58. The van der Waals surface area contributed by atoms with Crippen LogP contribution in [-0.2, 0) is 22.8 Å². The molecule has 4 nitrogen and oxygen atoms in total. The molecule has 0 spiro atoms. The van der Waals surface area contributed by atoms with E-state index in [4.69, 9.17) is 18.2 Å². The molecule has 0 bridgehead atoms. The van der Waals surface area contributed by atoms with Gasteiger partial charge in [-0.05, 0) is 41.7 Å². The Kier molecular flexibility index (Phi) is 5.80. The molecule has 0 saturated carbocycles. The highest BCUT2D eigenvalue weighted by Crippen LogP contribution is 2.40. The summed E-state index contributed by atoms with van der Waals surface area (Å²) >= 11 is 6.56. The Bertz CT molecular complexity index is 1190. The second kappa shape index (κ2) is 8.51. The van der Waals surface area contributed by atoms with Gasteiger partial charge in [-0.25, -0.2) is 13.3 Å². The summed E-state index contributed by atoms with van der Waals surface area (Å²) in [5.41, 5.74) is 3.44. The standard InChI is InChI=1S/C24H21ClN2O2S/c1-26-21-13-20-12-19(17-30(28,29)22-10-6-3-7-11-22)16-27(24(20)23(25)14-21)15-18-8-4-2-5-9-18/h2-11,13-14,19H,12,15-17H2. The molecule has 0 amide bonds. The van der Waals surface area contributed by atoms with Gasteiger partial charge < -0.3 is 4.90 Å². The zero-order chi connectivity index (χ0) is 21.1. The molecule has 0 fully saturated rings. The van der Waals surface area contributed by atoms with E-state index >= 15 is 0 Å². The van der Waals surface area contributed by atoms with Crippen LogP contribution in [0.3, 0.4) is 0 Å². The van der Waals surface area contributed by atoms with E-state index in [1.54, 1.807) is 30.3 Å². The lowest BCUT2D eigenvalue weighted by Gasteiger charge is -2.37. The number of fused-ring (bicyclic) bond motifs is 1. The number of rotatable bonds is 5. The van der Waals surface area contributed by atoms with Gasteiger partial charge in [0, 0.05) is 13.1 Å². The smallest absolute Gasteiger partial charge is 0.189 e. The van der Waals surface area contributed by atoms with Crippen LogP contribution in [0.25, 0.3) is 4.85 Å². The van der Waals surface area contributed by atoms with Crippen molar-refractivity contribution in [1.82, 2.24) is 0 Å². The first-order valence-electron chi connectivity index (χ1n) is 9.73. The third kappa shape index (κ3) is 4.35. The molecule has 1 heterocycles. The zero-order valence-corrected chi connectivity index (χ0v) is 17.9. The molecule has 152 valence electrons. The Morgan fingerprint density at radius 1 is 1.03 bits per heavy atom. The highest BCUT2D eigenvalue weighted by molar-refractivity contribution is 7.91. The number of anilines is 1. The second-order valence-corrected chi connectivity index (χ2v) is 10.0. The maximum atomic E-state index is 13.0. The number of benzene rings is 3. The Balaban J connectivity index is 1.68. The Hall–Kier alpha value is -2.81. The third-order valence-corrected chi connectivity index (χ3v) is 7.52. The molecule has 1 aliphatic heterocycles. The van der Waals surface area contributed by atoms with Gasteiger partial charge in [-0.15, -0.1) is 0 Å². The molecule has 0 saturated heterocycles. The van der Waals surface area contributed by atoms with Gasteiger partial charge in [0.2, 0.25) is 0 Å². The van der Waals surface area contributed by atoms with Crippen LogP contribution >= 0.6 is 11.6 Å². The van der Waals surface area contributed by atoms with Gasteiger partial charge in [-0.2, -0.15) is 0 Å². The molecule has 4 rings (SSSR count). The molecule has 0 aliphatic carbocycles. The van der Waals surface area contributed by atoms with Gasteiger partial charge in [-0.3, -0.25) is 0 Å². The molecule has 1 unspecified atom stereocenters. The lowest BCUT2D eigenvalue weighted by atomic mass is 9.92. The van der Waals surface area contributed by atoms with Gasteiger partial charge >= 0.3 is 0 Å². The van der Waals surface area contributed by atoms with Crippen LogP contribution in [0.5, 0.6) is 0 Å². The lowest BCUT2D eigenvalue weighted by molar-refractivity contribution is 0.516. The molecule has 0 radical (unpaired) electrons. The minimum atomic E-state index is -3.40. The van der Waals surface area contributed by atoms with Crippen molar-refractivity contribution >= 4 is 32.8 Å². The fourth-order valence-electron chi connectivity index (χ4n) is 4.09. The average Bonchev–Trinajstić information content (AvgIpc) is 2.74. The fourth-order valence-corrected chi connectivity index (χ4v) is 6.05. The van der Waals surface area contributed by atoms with Crippen molar-refractivity contribution in [3.8, 4) is 0 Å². The normalized spacial score (nSPS) is 16.0. The predicted octanol–water partition coefficient (Wildman–Crippen LogP) is 5.54. The van der Waals surface area contributed by atoms with Gasteiger partial charge in [0.05, 0.1) is 27.9 Å². The first kappa shape index (κ1) is 20.5. The van der Waals surface area contributed by atoms with E-state index in [2.05, 4.69) is 9.74 Å². The van der Waals surface area contributed by atoms with Crippen LogP contribution in [0.2, 0.25) is 5.02 Å². The quantitative estimate of drug-likeness (QED) is 0.493. The van der Waals surface area contributed by atoms with E-state index < -0.39 is 9.84 Å². The van der Waals surface area contributed by atoms with E-state index in [1.165, 1.54) is 0 Å². The summed E-state index contributed by atoms with van der Waals surface area (Å²) in [6.07, 6.45) is 0.579. The summed E-state index contributed by atoms with van der Waals surface area (Å²) in [7, 11) is -3.40. The number of hydrogen-bond acceptors (Lipinski definition) is 3. The van der Waals surface area contributed by atoms with Crippen molar-refractivity contribution in [2.24, 2.45) is 5.92 Å². The van der Waals surface area contributed by atoms with Crippen LogP contribution in [0, 0.1) is 12.5 Å². The van der Waals surface area contributed by atoms with E-state index in [-0.39, 0.29) is 11.7 Å². The fraction of sp³-hybridized carbons (Fsp3) is 0.208. The van der Waals surface area contributed by atoms with Crippen LogP contribution in [0.1, 0.15) is 11.1 Å². The molecule has 1 atom stereocenters. The van der Waals surface area contributed by atoms with E-state index in [0.717, 1.165) is 16.8 Å². The molecule has 0 aromatic heterocycles. The number of halogens is 1. The summed E-state index contributed by atoms with van der Waals surface area (Å²) in [5, 5.41) is 0.541. The van der Waals surface area contributed by atoms with Crippen molar-refractivity contribution in [2.45, 2.75) is 17.9 Å².